The van der Waals surface area contributed by atoms with E-state index in [-0.39, 0.29) is 0 Å². The highest BCUT2D eigenvalue weighted by molar-refractivity contribution is 14.1. The maximum atomic E-state index is 8.32. The third-order valence-corrected chi connectivity index (χ3v) is 1.63. The highest BCUT2D eigenvalue weighted by Crippen LogP contribution is 2.00. The molecular weight excluding hydrogens is 239 g/mol. The fraction of sp³-hybridized carbons (Fsp3) is 0.857. The molecule has 58 valence electrons. The van der Waals surface area contributed by atoms with E-state index in [0.29, 0.717) is 16.4 Å². The van der Waals surface area contributed by atoms with E-state index in [1.165, 1.54) is 0 Å². The number of halogens is 1. The Bertz CT molecular complexity index is 117. The molecule has 2 atom stereocenters. The summed E-state index contributed by atoms with van der Waals surface area (Å²) in [6.07, 6.45) is 0.649. The van der Waals surface area contributed by atoms with Crippen molar-refractivity contribution in [1.82, 2.24) is 5.32 Å². The molecular formula is C7H13IN2. The molecule has 0 aliphatic heterocycles. The van der Waals surface area contributed by atoms with Crippen molar-refractivity contribution in [2.24, 2.45) is 5.92 Å². The third-order valence-electron chi connectivity index (χ3n) is 1.19. The van der Waals surface area contributed by atoms with Crippen LogP contribution in [0.5, 0.6) is 0 Å². The third kappa shape index (κ3) is 6.30. The van der Waals surface area contributed by atoms with E-state index in [2.05, 4.69) is 47.8 Å². The van der Waals surface area contributed by atoms with Gasteiger partial charge in [0.2, 0.25) is 0 Å². The van der Waals surface area contributed by atoms with Crippen LogP contribution in [0.25, 0.3) is 0 Å². The highest BCUT2D eigenvalue weighted by Gasteiger charge is 2.01. The summed E-state index contributed by atoms with van der Waals surface area (Å²) < 4.78 is 0.499. The SMILES string of the molecule is CC(I)NC[C@@H](C)CC#N. The van der Waals surface area contributed by atoms with Crippen LogP contribution >= 0.6 is 22.6 Å². The fourth-order valence-corrected chi connectivity index (χ4v) is 0.846. The van der Waals surface area contributed by atoms with Crippen LogP contribution in [0.15, 0.2) is 0 Å². The molecule has 1 unspecified atom stereocenters. The van der Waals surface area contributed by atoms with Crippen molar-refractivity contribution in [1.29, 1.82) is 5.26 Å². The number of nitriles is 1. The minimum absolute atomic E-state index is 0.474. The Kier molecular flexibility index (Phi) is 6.03. The number of nitrogens with one attached hydrogen (secondary N) is 1. The topological polar surface area (TPSA) is 35.8 Å². The van der Waals surface area contributed by atoms with Gasteiger partial charge in [0.25, 0.3) is 0 Å². The average Bonchev–Trinajstić information content (AvgIpc) is 1.85. The van der Waals surface area contributed by atoms with Crippen LogP contribution in [0.2, 0.25) is 0 Å². The van der Waals surface area contributed by atoms with Crippen LogP contribution in [0.4, 0.5) is 0 Å². The monoisotopic (exact) mass is 252 g/mol. The maximum Gasteiger partial charge on any atom is 0.0625 e. The van der Waals surface area contributed by atoms with Crippen LogP contribution in [0.3, 0.4) is 0 Å². The zero-order valence-electron chi connectivity index (χ0n) is 6.39. The molecule has 3 heteroatoms. The number of alkyl halides is 1. The summed E-state index contributed by atoms with van der Waals surface area (Å²) in [5.74, 6) is 0.474. The molecule has 0 aliphatic rings. The summed E-state index contributed by atoms with van der Waals surface area (Å²) in [6, 6.07) is 2.15. The van der Waals surface area contributed by atoms with E-state index in [1.807, 2.05) is 0 Å². The smallest absolute Gasteiger partial charge is 0.0625 e. The first kappa shape index (κ1) is 10.2. The quantitative estimate of drug-likeness (QED) is 0.471. The summed E-state index contributed by atoms with van der Waals surface area (Å²) in [7, 11) is 0. The van der Waals surface area contributed by atoms with Crippen molar-refractivity contribution >= 4 is 22.6 Å². The van der Waals surface area contributed by atoms with Crippen LogP contribution in [0, 0.1) is 17.2 Å². The lowest BCUT2D eigenvalue weighted by Crippen LogP contribution is -2.25. The molecule has 0 saturated carbocycles. The molecule has 0 saturated heterocycles. The zero-order chi connectivity index (χ0) is 7.98. The zero-order valence-corrected chi connectivity index (χ0v) is 8.55. The van der Waals surface area contributed by atoms with Gasteiger partial charge in [-0.1, -0.05) is 29.5 Å². The van der Waals surface area contributed by atoms with Gasteiger partial charge in [-0.25, -0.2) is 0 Å². The number of nitrogens with zero attached hydrogens (tertiary/aromatic N) is 1. The Labute approximate surface area is 76.1 Å². The molecule has 2 nitrogen and oxygen atoms in total. The van der Waals surface area contributed by atoms with E-state index in [4.69, 9.17) is 5.26 Å². The largest absolute Gasteiger partial charge is 0.305 e. The van der Waals surface area contributed by atoms with Crippen molar-refractivity contribution in [3.8, 4) is 6.07 Å². The molecule has 0 aromatic heterocycles. The van der Waals surface area contributed by atoms with Gasteiger partial charge in [-0.3, -0.25) is 0 Å². The molecule has 0 bridgehead atoms. The highest BCUT2D eigenvalue weighted by atomic mass is 127. The average molecular weight is 252 g/mol. The first-order chi connectivity index (χ1) is 4.66. The Morgan fingerprint density at radius 2 is 2.20 bits per heavy atom. The molecule has 0 radical (unpaired) electrons. The standard InChI is InChI=1S/C7H13IN2/c1-6(3-4-9)5-10-7(2)8/h6-7,10H,3,5H2,1-2H3/t6-,7?/m0/s1. The van der Waals surface area contributed by atoms with Crippen molar-refractivity contribution in [3.63, 3.8) is 0 Å². The molecule has 1 N–H and O–H groups in total. The summed E-state index contributed by atoms with van der Waals surface area (Å²) in [5, 5.41) is 11.6. The predicted molar refractivity (Wildman–Crippen MR) is 50.9 cm³/mol. The molecule has 0 aromatic carbocycles. The summed E-state index contributed by atoms with van der Waals surface area (Å²) in [4.78, 5) is 0. The van der Waals surface area contributed by atoms with E-state index in [0.717, 1.165) is 6.54 Å². The lowest BCUT2D eigenvalue weighted by Gasteiger charge is -2.09. The van der Waals surface area contributed by atoms with Gasteiger partial charge in [-0.2, -0.15) is 5.26 Å². The first-order valence-electron chi connectivity index (χ1n) is 3.41. The Balaban J connectivity index is 3.23. The molecule has 0 spiro atoms. The Morgan fingerprint density at radius 3 is 2.60 bits per heavy atom. The fourth-order valence-electron chi connectivity index (χ4n) is 0.592. The van der Waals surface area contributed by atoms with Gasteiger partial charge in [0.15, 0.2) is 0 Å². The van der Waals surface area contributed by atoms with Crippen LogP contribution in [-0.4, -0.2) is 10.6 Å². The van der Waals surface area contributed by atoms with Crippen LogP contribution in [0.1, 0.15) is 20.3 Å². The van der Waals surface area contributed by atoms with Gasteiger partial charge in [0.05, 0.1) is 10.1 Å². The van der Waals surface area contributed by atoms with Crippen molar-refractivity contribution < 1.29 is 0 Å². The summed E-state index contributed by atoms with van der Waals surface area (Å²) in [6.45, 7) is 5.12. The van der Waals surface area contributed by atoms with Crippen molar-refractivity contribution in [3.05, 3.63) is 0 Å². The van der Waals surface area contributed by atoms with Crippen LogP contribution < -0.4 is 5.32 Å². The summed E-state index contributed by atoms with van der Waals surface area (Å²) >= 11 is 2.31. The normalized spacial score (nSPS) is 15.8. The lowest BCUT2D eigenvalue weighted by atomic mass is 10.1. The van der Waals surface area contributed by atoms with Gasteiger partial charge in [0.1, 0.15) is 0 Å². The second kappa shape index (κ2) is 5.93. The maximum absolute atomic E-state index is 8.32. The van der Waals surface area contributed by atoms with Crippen molar-refractivity contribution in [2.45, 2.75) is 24.3 Å². The molecule has 0 amide bonds. The van der Waals surface area contributed by atoms with E-state index < -0.39 is 0 Å². The number of hydrogen-bond donors (Lipinski definition) is 1. The van der Waals surface area contributed by atoms with Gasteiger partial charge in [0, 0.05) is 6.42 Å². The second-order valence-electron chi connectivity index (χ2n) is 2.49. The molecule has 0 heterocycles. The predicted octanol–water partition coefficient (Wildman–Crippen LogP) is 1.91. The first-order valence-corrected chi connectivity index (χ1v) is 4.65. The molecule has 0 aliphatic carbocycles. The second-order valence-corrected chi connectivity index (χ2v) is 4.36. The summed E-state index contributed by atoms with van der Waals surface area (Å²) in [5.41, 5.74) is 0. The van der Waals surface area contributed by atoms with E-state index in [1.54, 1.807) is 0 Å². The van der Waals surface area contributed by atoms with Gasteiger partial charge in [-0.15, -0.1) is 0 Å². The Hall–Kier alpha value is 0.180. The van der Waals surface area contributed by atoms with E-state index >= 15 is 0 Å². The van der Waals surface area contributed by atoms with Gasteiger partial charge in [-0.05, 0) is 19.4 Å². The van der Waals surface area contributed by atoms with Crippen LogP contribution in [-0.2, 0) is 0 Å². The molecule has 0 rings (SSSR count). The lowest BCUT2D eigenvalue weighted by molar-refractivity contribution is 0.527. The minimum Gasteiger partial charge on any atom is -0.305 e. The van der Waals surface area contributed by atoms with Gasteiger partial charge >= 0.3 is 0 Å². The van der Waals surface area contributed by atoms with E-state index in [9.17, 15) is 0 Å². The van der Waals surface area contributed by atoms with Gasteiger partial charge < -0.3 is 5.32 Å². The number of rotatable bonds is 4. The molecule has 0 aromatic rings. The number of hydrogen-bond acceptors (Lipinski definition) is 2. The minimum atomic E-state index is 0.474. The Morgan fingerprint density at radius 1 is 1.60 bits per heavy atom. The molecule has 0 fully saturated rings. The van der Waals surface area contributed by atoms with Crippen molar-refractivity contribution in [2.75, 3.05) is 6.54 Å². The molecule has 10 heavy (non-hydrogen) atoms.